The number of ether oxygens (including phenoxy) is 1. The number of anilines is 2. The maximum atomic E-state index is 14.4. The van der Waals surface area contributed by atoms with Crippen molar-refractivity contribution >= 4 is 17.4 Å². The van der Waals surface area contributed by atoms with Crippen molar-refractivity contribution in [2.75, 3.05) is 10.2 Å². The van der Waals surface area contributed by atoms with Gasteiger partial charge in [-0.3, -0.25) is 19.5 Å². The number of carbonyl (C=O) groups is 1. The Balaban J connectivity index is 1.26. The van der Waals surface area contributed by atoms with E-state index in [4.69, 9.17) is 9.72 Å². The minimum atomic E-state index is -0.468. The topological polar surface area (TPSA) is 85.2 Å². The summed E-state index contributed by atoms with van der Waals surface area (Å²) >= 11 is 0. The van der Waals surface area contributed by atoms with E-state index in [0.717, 1.165) is 58.6 Å². The van der Waals surface area contributed by atoms with Crippen LogP contribution in [0.5, 0.6) is 5.75 Å². The lowest BCUT2D eigenvalue weighted by Gasteiger charge is -2.34. The molecule has 1 atom stereocenters. The molecular formula is C29H27FN6O2. The van der Waals surface area contributed by atoms with E-state index < -0.39 is 6.10 Å². The molecule has 1 aromatic carbocycles. The van der Waals surface area contributed by atoms with Crippen molar-refractivity contribution in [1.82, 2.24) is 19.7 Å². The summed E-state index contributed by atoms with van der Waals surface area (Å²) in [6, 6.07) is 6.76. The molecule has 192 valence electrons. The molecule has 1 fully saturated rings. The van der Waals surface area contributed by atoms with Crippen LogP contribution in [0.2, 0.25) is 0 Å². The molecule has 1 unspecified atom stereocenters. The summed E-state index contributed by atoms with van der Waals surface area (Å²) in [6.45, 7) is 2.44. The van der Waals surface area contributed by atoms with E-state index in [9.17, 15) is 9.18 Å². The van der Waals surface area contributed by atoms with Crippen LogP contribution in [0.15, 0.2) is 49.1 Å². The highest BCUT2D eigenvalue weighted by Gasteiger charge is 2.35. The van der Waals surface area contributed by atoms with Crippen LogP contribution < -0.4 is 15.0 Å². The molecule has 2 amide bonds. The molecular weight excluding hydrogens is 483 g/mol. The van der Waals surface area contributed by atoms with Crippen LogP contribution in [0.4, 0.5) is 20.6 Å². The van der Waals surface area contributed by atoms with Gasteiger partial charge in [0.15, 0.2) is 0 Å². The number of carbonyl (C=O) groups excluding carboxylic acids is 1. The molecule has 38 heavy (non-hydrogen) atoms. The number of aromatic nitrogens is 4. The minimum absolute atomic E-state index is 0.219. The van der Waals surface area contributed by atoms with Gasteiger partial charge in [-0.25, -0.2) is 9.18 Å². The van der Waals surface area contributed by atoms with Gasteiger partial charge in [-0.1, -0.05) is 6.07 Å². The molecule has 0 saturated heterocycles. The maximum Gasteiger partial charge on any atom is 0.326 e. The van der Waals surface area contributed by atoms with Crippen molar-refractivity contribution in [2.24, 2.45) is 7.05 Å². The molecule has 0 bridgehead atoms. The average Bonchev–Trinajstić information content (AvgIpc) is 3.67. The van der Waals surface area contributed by atoms with Gasteiger partial charge in [0.25, 0.3) is 0 Å². The van der Waals surface area contributed by atoms with Gasteiger partial charge in [0.2, 0.25) is 0 Å². The third-order valence-corrected chi connectivity index (χ3v) is 7.72. The summed E-state index contributed by atoms with van der Waals surface area (Å²) in [5.41, 5.74) is 7.78. The summed E-state index contributed by atoms with van der Waals surface area (Å²) < 4.78 is 22.4. The third-order valence-electron chi connectivity index (χ3n) is 7.72. The Morgan fingerprint density at radius 2 is 2.03 bits per heavy atom. The zero-order chi connectivity index (χ0) is 26.0. The normalized spacial score (nSPS) is 18.4. The van der Waals surface area contributed by atoms with Gasteiger partial charge in [-0.15, -0.1) is 0 Å². The second-order valence-corrected chi connectivity index (χ2v) is 10.4. The van der Waals surface area contributed by atoms with Crippen molar-refractivity contribution in [2.45, 2.75) is 51.2 Å². The predicted octanol–water partition coefficient (Wildman–Crippen LogP) is 5.82. The Morgan fingerprint density at radius 3 is 2.79 bits per heavy atom. The average molecular weight is 511 g/mol. The first kappa shape index (κ1) is 22.9. The fourth-order valence-corrected chi connectivity index (χ4v) is 5.64. The minimum Gasteiger partial charge on any atom is -0.484 e. The van der Waals surface area contributed by atoms with Gasteiger partial charge in [0.05, 0.1) is 29.8 Å². The van der Waals surface area contributed by atoms with Gasteiger partial charge in [0.1, 0.15) is 23.4 Å². The standard InChI is InChI=1S/C29H27FN6O2/c1-16-10-18-7-8-24(28-22(30)4-3-9-31-28)38-25(18)11-23(16)36-15-21-20(17-5-6-17)13-32-26(27(21)34-29(36)37)19-12-33-35(2)14-19/h3-4,9-14,17,24H,5-8,15H2,1-2H3,(H,34,37). The Kier molecular flexibility index (Phi) is 5.21. The number of aryl methyl sites for hydroxylation is 3. The molecule has 0 spiro atoms. The molecule has 3 aliphatic rings. The zero-order valence-corrected chi connectivity index (χ0v) is 21.2. The fraction of sp³-hybridized carbons (Fsp3) is 0.310. The zero-order valence-electron chi connectivity index (χ0n) is 21.2. The number of urea groups is 1. The number of rotatable bonds is 4. The summed E-state index contributed by atoms with van der Waals surface area (Å²) in [4.78, 5) is 24.3. The third kappa shape index (κ3) is 3.81. The Bertz CT molecular complexity index is 1590. The monoisotopic (exact) mass is 510 g/mol. The Labute approximate surface area is 219 Å². The molecule has 0 radical (unpaired) electrons. The molecule has 5 heterocycles. The molecule has 2 aliphatic heterocycles. The number of hydrogen-bond donors (Lipinski definition) is 1. The molecule has 8 nitrogen and oxygen atoms in total. The number of nitrogens with zero attached hydrogens (tertiary/aromatic N) is 5. The number of pyridine rings is 2. The van der Waals surface area contributed by atoms with Gasteiger partial charge < -0.3 is 10.1 Å². The highest BCUT2D eigenvalue weighted by molar-refractivity contribution is 6.07. The van der Waals surface area contributed by atoms with Crippen molar-refractivity contribution in [3.05, 3.63) is 82.8 Å². The van der Waals surface area contributed by atoms with Gasteiger partial charge >= 0.3 is 6.03 Å². The van der Waals surface area contributed by atoms with E-state index in [1.54, 1.807) is 28.0 Å². The van der Waals surface area contributed by atoms with Crippen LogP contribution in [-0.4, -0.2) is 25.8 Å². The van der Waals surface area contributed by atoms with E-state index in [-0.39, 0.29) is 11.8 Å². The lowest BCUT2D eigenvalue weighted by atomic mass is 9.95. The Morgan fingerprint density at radius 1 is 1.16 bits per heavy atom. The van der Waals surface area contributed by atoms with Gasteiger partial charge in [-0.05, 0) is 67.3 Å². The first-order valence-corrected chi connectivity index (χ1v) is 13.0. The van der Waals surface area contributed by atoms with Crippen LogP contribution >= 0.6 is 0 Å². The van der Waals surface area contributed by atoms with E-state index in [2.05, 4.69) is 21.5 Å². The Hall–Kier alpha value is -4.27. The first-order valence-electron chi connectivity index (χ1n) is 13.0. The number of fused-ring (bicyclic) bond motifs is 2. The highest BCUT2D eigenvalue weighted by Crippen LogP contribution is 2.47. The molecule has 4 aromatic rings. The van der Waals surface area contributed by atoms with E-state index in [0.29, 0.717) is 30.3 Å². The summed E-state index contributed by atoms with van der Waals surface area (Å²) in [6.07, 6.45) is 10.4. The largest absolute Gasteiger partial charge is 0.484 e. The molecule has 1 aliphatic carbocycles. The van der Waals surface area contributed by atoms with E-state index in [1.165, 1.54) is 11.6 Å². The lowest BCUT2D eigenvalue weighted by molar-refractivity contribution is 0.167. The lowest BCUT2D eigenvalue weighted by Crippen LogP contribution is -2.40. The van der Waals surface area contributed by atoms with Crippen molar-refractivity contribution in [3.63, 3.8) is 0 Å². The first-order chi connectivity index (χ1) is 18.5. The van der Waals surface area contributed by atoms with Crippen LogP contribution in [0.1, 0.15) is 59.2 Å². The smallest absolute Gasteiger partial charge is 0.326 e. The van der Waals surface area contributed by atoms with Gasteiger partial charge in [0, 0.05) is 42.8 Å². The number of benzene rings is 1. The van der Waals surface area contributed by atoms with Crippen LogP contribution in [-0.2, 0) is 20.0 Å². The summed E-state index contributed by atoms with van der Waals surface area (Å²) in [5.74, 6) is 0.766. The van der Waals surface area contributed by atoms with Crippen LogP contribution in [0.25, 0.3) is 11.3 Å². The second kappa shape index (κ2) is 8.65. The second-order valence-electron chi connectivity index (χ2n) is 10.4. The number of halogens is 1. The molecule has 3 aromatic heterocycles. The summed E-state index contributed by atoms with van der Waals surface area (Å²) in [5, 5.41) is 7.44. The van der Waals surface area contributed by atoms with Crippen molar-refractivity contribution < 1.29 is 13.9 Å². The maximum absolute atomic E-state index is 14.4. The molecule has 1 saturated carbocycles. The van der Waals surface area contributed by atoms with Crippen molar-refractivity contribution in [3.8, 4) is 17.0 Å². The van der Waals surface area contributed by atoms with Crippen LogP contribution in [0, 0.1) is 12.7 Å². The molecule has 9 heteroatoms. The number of hydrogen-bond acceptors (Lipinski definition) is 5. The fourth-order valence-electron chi connectivity index (χ4n) is 5.64. The number of nitrogens with one attached hydrogen (secondary N) is 1. The summed E-state index contributed by atoms with van der Waals surface area (Å²) in [7, 11) is 1.86. The van der Waals surface area contributed by atoms with Crippen molar-refractivity contribution in [1.29, 1.82) is 0 Å². The van der Waals surface area contributed by atoms with Gasteiger partial charge in [-0.2, -0.15) is 5.10 Å². The number of amides is 2. The SMILES string of the molecule is Cc1cc2c(cc1N1Cc3c(C4CC4)cnc(-c4cnn(C)c4)c3NC1=O)OC(c1ncccc1F)CC2. The van der Waals surface area contributed by atoms with E-state index in [1.807, 2.05) is 32.4 Å². The molecule has 1 N–H and O–H groups in total. The van der Waals surface area contributed by atoms with Crippen LogP contribution in [0.3, 0.4) is 0 Å². The predicted molar refractivity (Wildman–Crippen MR) is 141 cm³/mol. The quantitative estimate of drug-likeness (QED) is 0.374. The van der Waals surface area contributed by atoms with E-state index >= 15 is 0 Å². The molecule has 7 rings (SSSR count). The highest BCUT2D eigenvalue weighted by atomic mass is 19.1.